The molecule has 2 N–H and O–H groups in total. The van der Waals surface area contributed by atoms with Crippen molar-refractivity contribution in [2.75, 3.05) is 13.2 Å². The summed E-state index contributed by atoms with van der Waals surface area (Å²) in [5.74, 6) is -0.116. The second-order valence-corrected chi connectivity index (χ2v) is 4.92. The molecule has 0 saturated carbocycles. The summed E-state index contributed by atoms with van der Waals surface area (Å²) in [6, 6.07) is 4.36. The first kappa shape index (κ1) is 15.9. The monoisotopic (exact) mass is 305 g/mol. The van der Waals surface area contributed by atoms with Gasteiger partial charge in [-0.15, -0.1) is 0 Å². The molecule has 0 aromatic heterocycles. The molecule has 1 atom stereocenters. The second-order valence-electron chi connectivity index (χ2n) is 4.92. The van der Waals surface area contributed by atoms with Crippen molar-refractivity contribution in [2.45, 2.75) is 25.8 Å². The molecular formula is C16H19NO5. The number of carboxylic acid groups (broad SMARTS) is 1. The third-order valence-corrected chi connectivity index (χ3v) is 3.21. The van der Waals surface area contributed by atoms with E-state index in [9.17, 15) is 9.59 Å². The van der Waals surface area contributed by atoms with Gasteiger partial charge >= 0.3 is 5.97 Å². The van der Waals surface area contributed by atoms with Crippen molar-refractivity contribution in [1.29, 1.82) is 0 Å². The Morgan fingerprint density at radius 3 is 2.73 bits per heavy atom. The fraction of sp³-hybridized carbons (Fsp3) is 0.375. The summed E-state index contributed by atoms with van der Waals surface area (Å²) in [6.07, 6.45) is 3.82. The van der Waals surface area contributed by atoms with Gasteiger partial charge in [-0.25, -0.2) is 4.79 Å². The van der Waals surface area contributed by atoms with E-state index in [1.165, 1.54) is 0 Å². The lowest BCUT2D eigenvalue weighted by Crippen LogP contribution is -2.41. The summed E-state index contributed by atoms with van der Waals surface area (Å²) in [5.41, 5.74) is 0.747. The Morgan fingerprint density at radius 1 is 1.32 bits per heavy atom. The summed E-state index contributed by atoms with van der Waals surface area (Å²) in [6.45, 7) is 2.79. The highest BCUT2D eigenvalue weighted by Crippen LogP contribution is 2.30. The average molecular weight is 305 g/mol. The lowest BCUT2D eigenvalue weighted by molar-refractivity contribution is -0.141. The number of aliphatic carboxylic acids is 1. The van der Waals surface area contributed by atoms with Crippen LogP contribution in [0.1, 0.15) is 18.9 Å². The molecule has 0 spiro atoms. The number of benzene rings is 1. The van der Waals surface area contributed by atoms with Crippen LogP contribution in [0.3, 0.4) is 0 Å². The highest BCUT2D eigenvalue weighted by atomic mass is 16.6. The molecule has 1 aromatic carbocycles. The zero-order valence-electron chi connectivity index (χ0n) is 12.4. The third-order valence-electron chi connectivity index (χ3n) is 3.21. The lowest BCUT2D eigenvalue weighted by Gasteiger charge is -2.19. The van der Waals surface area contributed by atoms with Gasteiger partial charge in [0.25, 0.3) is 0 Å². The van der Waals surface area contributed by atoms with Crippen LogP contribution in [0.25, 0.3) is 0 Å². The molecule has 1 amide bonds. The Hall–Kier alpha value is -2.50. The summed E-state index contributed by atoms with van der Waals surface area (Å²) >= 11 is 0. The standard InChI is InChI=1S/C16H19NO5/c1-2-3-4-12(16(19)20)17-15(18)10-11-5-6-13-14(9-11)22-8-7-21-13/h2-3,5-6,9,12H,4,7-8,10H2,1H3,(H,17,18)(H,19,20)/b3-2+. The van der Waals surface area contributed by atoms with Crippen LogP contribution in [-0.2, 0) is 16.0 Å². The van der Waals surface area contributed by atoms with Gasteiger partial charge in [0.2, 0.25) is 5.91 Å². The minimum absolute atomic E-state index is 0.0935. The maximum absolute atomic E-state index is 12.0. The normalized spacial score (nSPS) is 14.6. The minimum atomic E-state index is -1.05. The Labute approximate surface area is 128 Å². The van der Waals surface area contributed by atoms with Crippen molar-refractivity contribution in [3.8, 4) is 11.5 Å². The molecule has 1 aromatic rings. The average Bonchev–Trinajstić information content (AvgIpc) is 2.51. The second kappa shape index (κ2) is 7.49. The van der Waals surface area contributed by atoms with Crippen molar-refractivity contribution >= 4 is 11.9 Å². The van der Waals surface area contributed by atoms with E-state index in [1.54, 1.807) is 37.3 Å². The molecule has 0 aliphatic carbocycles. The summed E-state index contributed by atoms with van der Waals surface area (Å²) in [5, 5.41) is 11.6. The summed E-state index contributed by atoms with van der Waals surface area (Å²) in [4.78, 5) is 23.1. The fourth-order valence-corrected chi connectivity index (χ4v) is 2.12. The zero-order chi connectivity index (χ0) is 15.9. The number of hydrogen-bond acceptors (Lipinski definition) is 4. The molecule has 6 nitrogen and oxygen atoms in total. The van der Waals surface area contributed by atoms with Gasteiger partial charge in [-0.3, -0.25) is 4.79 Å². The van der Waals surface area contributed by atoms with Crippen molar-refractivity contribution in [1.82, 2.24) is 5.32 Å². The molecule has 22 heavy (non-hydrogen) atoms. The Morgan fingerprint density at radius 2 is 2.05 bits per heavy atom. The molecule has 1 aliphatic rings. The molecule has 1 unspecified atom stereocenters. The van der Waals surface area contributed by atoms with E-state index in [-0.39, 0.29) is 18.7 Å². The number of hydrogen-bond donors (Lipinski definition) is 2. The van der Waals surface area contributed by atoms with E-state index in [2.05, 4.69) is 5.32 Å². The molecule has 1 heterocycles. The van der Waals surface area contributed by atoms with Crippen molar-refractivity contribution in [2.24, 2.45) is 0 Å². The van der Waals surface area contributed by atoms with E-state index in [4.69, 9.17) is 14.6 Å². The smallest absolute Gasteiger partial charge is 0.326 e. The summed E-state index contributed by atoms with van der Waals surface area (Å²) in [7, 11) is 0. The van der Waals surface area contributed by atoms with Gasteiger partial charge in [0.1, 0.15) is 19.3 Å². The van der Waals surface area contributed by atoms with Crippen LogP contribution in [0, 0.1) is 0 Å². The number of fused-ring (bicyclic) bond motifs is 1. The van der Waals surface area contributed by atoms with Crippen LogP contribution in [0.5, 0.6) is 11.5 Å². The number of rotatable bonds is 6. The highest BCUT2D eigenvalue weighted by molar-refractivity contribution is 5.85. The number of ether oxygens (including phenoxy) is 2. The number of allylic oxidation sites excluding steroid dienone is 1. The van der Waals surface area contributed by atoms with Crippen molar-refractivity contribution in [3.05, 3.63) is 35.9 Å². The molecule has 0 bridgehead atoms. The molecular weight excluding hydrogens is 286 g/mol. The van der Waals surface area contributed by atoms with Gasteiger partial charge in [0.05, 0.1) is 6.42 Å². The molecule has 2 rings (SSSR count). The Balaban J connectivity index is 1.97. The maximum atomic E-state index is 12.0. The largest absolute Gasteiger partial charge is 0.486 e. The number of nitrogens with one attached hydrogen (secondary N) is 1. The number of amides is 1. The topological polar surface area (TPSA) is 84.9 Å². The maximum Gasteiger partial charge on any atom is 0.326 e. The van der Waals surface area contributed by atoms with Gasteiger partial charge in [0, 0.05) is 0 Å². The van der Waals surface area contributed by atoms with E-state index < -0.39 is 12.0 Å². The van der Waals surface area contributed by atoms with E-state index in [0.29, 0.717) is 24.7 Å². The number of carbonyl (C=O) groups excluding carboxylic acids is 1. The molecule has 0 radical (unpaired) electrons. The van der Waals surface area contributed by atoms with Gasteiger partial charge in [-0.2, -0.15) is 0 Å². The quantitative estimate of drug-likeness (QED) is 0.779. The van der Waals surface area contributed by atoms with Crippen LogP contribution in [0.15, 0.2) is 30.4 Å². The predicted molar refractivity (Wildman–Crippen MR) is 80.1 cm³/mol. The first-order chi connectivity index (χ1) is 10.6. The van der Waals surface area contributed by atoms with E-state index in [0.717, 1.165) is 5.56 Å². The van der Waals surface area contributed by atoms with Crippen LogP contribution in [0.4, 0.5) is 0 Å². The molecule has 6 heteroatoms. The third kappa shape index (κ3) is 4.25. The highest BCUT2D eigenvalue weighted by Gasteiger charge is 2.19. The first-order valence-corrected chi connectivity index (χ1v) is 7.12. The molecule has 118 valence electrons. The van der Waals surface area contributed by atoms with Crippen LogP contribution in [-0.4, -0.2) is 36.2 Å². The fourth-order valence-electron chi connectivity index (χ4n) is 2.12. The Bertz CT molecular complexity index is 582. The van der Waals surface area contributed by atoms with E-state index in [1.807, 2.05) is 0 Å². The van der Waals surface area contributed by atoms with Gasteiger partial charge in [0.15, 0.2) is 11.5 Å². The summed E-state index contributed by atoms with van der Waals surface area (Å²) < 4.78 is 10.9. The van der Waals surface area contributed by atoms with Crippen molar-refractivity contribution in [3.63, 3.8) is 0 Å². The number of carbonyl (C=O) groups is 2. The zero-order valence-corrected chi connectivity index (χ0v) is 12.4. The first-order valence-electron chi connectivity index (χ1n) is 7.12. The van der Waals surface area contributed by atoms with Crippen molar-refractivity contribution < 1.29 is 24.2 Å². The van der Waals surface area contributed by atoms with Gasteiger partial charge in [-0.05, 0) is 31.0 Å². The molecule has 0 saturated heterocycles. The van der Waals surface area contributed by atoms with Crippen LogP contribution in [0.2, 0.25) is 0 Å². The minimum Gasteiger partial charge on any atom is -0.486 e. The molecule has 0 fully saturated rings. The van der Waals surface area contributed by atoms with Gasteiger partial charge < -0.3 is 19.9 Å². The lowest BCUT2D eigenvalue weighted by atomic mass is 10.1. The number of carboxylic acids is 1. The van der Waals surface area contributed by atoms with Crippen LogP contribution < -0.4 is 14.8 Å². The van der Waals surface area contributed by atoms with Gasteiger partial charge in [-0.1, -0.05) is 18.2 Å². The predicted octanol–water partition coefficient (Wildman–Crippen LogP) is 1.54. The van der Waals surface area contributed by atoms with Crippen LogP contribution >= 0.6 is 0 Å². The van der Waals surface area contributed by atoms with E-state index >= 15 is 0 Å². The SMILES string of the molecule is C/C=C/CC(NC(=O)Cc1ccc2c(c1)OCCO2)C(=O)O. The Kier molecular flexibility index (Phi) is 5.41. The molecule has 1 aliphatic heterocycles.